The molecule has 6 nitrogen and oxygen atoms in total. The van der Waals surface area contributed by atoms with Gasteiger partial charge in [-0.2, -0.15) is 0 Å². The molecule has 1 amide bonds. The third kappa shape index (κ3) is 2.42. The van der Waals surface area contributed by atoms with E-state index in [1.807, 2.05) is 0 Å². The van der Waals surface area contributed by atoms with Crippen molar-refractivity contribution in [1.82, 2.24) is 9.47 Å². The second-order valence-electron chi connectivity index (χ2n) is 4.45. The highest BCUT2D eigenvalue weighted by molar-refractivity contribution is 6.34. The molecule has 2 rings (SSSR count). The number of rotatable bonds is 3. The Morgan fingerprint density at radius 2 is 2.05 bits per heavy atom. The van der Waals surface area contributed by atoms with Crippen LogP contribution in [0, 0.1) is 0 Å². The van der Waals surface area contributed by atoms with E-state index in [1.165, 1.54) is 16.4 Å². The van der Waals surface area contributed by atoms with E-state index >= 15 is 0 Å². The normalized spacial score (nSPS) is 10.7. The molecule has 1 aromatic heterocycles. The molecule has 0 saturated heterocycles. The number of likely N-dealkylation sites (N-methyl/N-ethyl adjacent to an activating group) is 1. The average Bonchev–Trinajstić information content (AvgIpc) is 2.63. The lowest BCUT2D eigenvalue weighted by atomic mass is 10.2. The van der Waals surface area contributed by atoms with E-state index in [2.05, 4.69) is 0 Å². The first-order chi connectivity index (χ1) is 8.90. The SMILES string of the molecule is CC(=O)C(=O)N(C)Cc1ccc2c(c1)oc(=O)n2C. The van der Waals surface area contributed by atoms with Crippen LogP contribution < -0.4 is 5.76 Å². The molecule has 0 unspecified atom stereocenters. The van der Waals surface area contributed by atoms with Crippen molar-refractivity contribution in [3.05, 3.63) is 34.3 Å². The number of carbonyl (C=O) groups excluding carboxylic acids is 2. The van der Waals surface area contributed by atoms with Crippen molar-refractivity contribution in [2.75, 3.05) is 7.05 Å². The summed E-state index contributed by atoms with van der Waals surface area (Å²) in [6.45, 7) is 1.52. The van der Waals surface area contributed by atoms with Crippen LogP contribution in [0.4, 0.5) is 0 Å². The Balaban J connectivity index is 2.29. The summed E-state index contributed by atoms with van der Waals surface area (Å²) in [6.07, 6.45) is 0. The summed E-state index contributed by atoms with van der Waals surface area (Å²) in [4.78, 5) is 35.1. The van der Waals surface area contributed by atoms with E-state index in [9.17, 15) is 14.4 Å². The lowest BCUT2D eigenvalue weighted by Crippen LogP contribution is -2.31. The minimum Gasteiger partial charge on any atom is -0.408 e. The number of amides is 1. The first-order valence-corrected chi connectivity index (χ1v) is 5.74. The van der Waals surface area contributed by atoms with Crippen molar-refractivity contribution in [2.24, 2.45) is 7.05 Å². The van der Waals surface area contributed by atoms with Gasteiger partial charge in [0.2, 0.25) is 5.78 Å². The second-order valence-corrected chi connectivity index (χ2v) is 4.45. The van der Waals surface area contributed by atoms with Crippen LogP contribution in [0.5, 0.6) is 0 Å². The maximum atomic E-state index is 11.5. The number of aromatic nitrogens is 1. The Hall–Kier alpha value is -2.37. The summed E-state index contributed by atoms with van der Waals surface area (Å²) in [5.74, 6) is -1.48. The fraction of sp³-hybridized carbons (Fsp3) is 0.308. The summed E-state index contributed by atoms with van der Waals surface area (Å²) in [7, 11) is 3.17. The molecule has 0 atom stereocenters. The molecule has 6 heteroatoms. The molecule has 100 valence electrons. The first kappa shape index (κ1) is 13.1. The van der Waals surface area contributed by atoms with Gasteiger partial charge < -0.3 is 9.32 Å². The van der Waals surface area contributed by atoms with Gasteiger partial charge >= 0.3 is 5.76 Å². The lowest BCUT2D eigenvalue weighted by Gasteiger charge is -2.15. The van der Waals surface area contributed by atoms with Gasteiger partial charge in [-0.1, -0.05) is 6.07 Å². The average molecular weight is 262 g/mol. The van der Waals surface area contributed by atoms with Crippen LogP contribution in [0.2, 0.25) is 0 Å². The van der Waals surface area contributed by atoms with E-state index in [-0.39, 0.29) is 6.54 Å². The minimum absolute atomic E-state index is 0.285. The molecule has 0 aliphatic heterocycles. The fourth-order valence-electron chi connectivity index (χ4n) is 1.89. The molecule has 0 fully saturated rings. The highest BCUT2D eigenvalue weighted by Gasteiger charge is 2.14. The predicted molar refractivity (Wildman–Crippen MR) is 68.6 cm³/mol. The third-order valence-corrected chi connectivity index (χ3v) is 2.92. The molecule has 0 aliphatic rings. The third-order valence-electron chi connectivity index (χ3n) is 2.92. The summed E-state index contributed by atoms with van der Waals surface area (Å²) in [5.41, 5.74) is 1.95. The van der Waals surface area contributed by atoms with E-state index in [1.54, 1.807) is 32.3 Å². The zero-order valence-corrected chi connectivity index (χ0v) is 11.0. The maximum absolute atomic E-state index is 11.5. The molecule has 0 aliphatic carbocycles. The maximum Gasteiger partial charge on any atom is 0.419 e. The molecule has 1 aromatic carbocycles. The minimum atomic E-state index is -0.547. The number of aryl methyl sites for hydroxylation is 1. The second kappa shape index (κ2) is 4.72. The molecule has 19 heavy (non-hydrogen) atoms. The standard InChI is InChI=1S/C13H14N2O4/c1-8(16)12(17)14(2)7-9-4-5-10-11(6-9)19-13(18)15(10)3/h4-6H,7H2,1-3H3. The predicted octanol–water partition coefficient (Wildman–Crippen LogP) is 0.679. The van der Waals surface area contributed by atoms with Gasteiger partial charge in [0.1, 0.15) is 0 Å². The molecule has 2 aromatic rings. The Morgan fingerprint density at radius 3 is 2.68 bits per heavy atom. The van der Waals surface area contributed by atoms with Crippen LogP contribution in [0.3, 0.4) is 0 Å². The van der Waals surface area contributed by atoms with Crippen molar-refractivity contribution < 1.29 is 14.0 Å². The van der Waals surface area contributed by atoms with Crippen molar-refractivity contribution >= 4 is 22.8 Å². The van der Waals surface area contributed by atoms with Crippen LogP contribution in [0.25, 0.3) is 11.1 Å². The smallest absolute Gasteiger partial charge is 0.408 e. The van der Waals surface area contributed by atoms with E-state index in [4.69, 9.17) is 4.42 Å². The van der Waals surface area contributed by atoms with E-state index < -0.39 is 17.4 Å². The molecular weight excluding hydrogens is 248 g/mol. The van der Waals surface area contributed by atoms with Gasteiger partial charge in [0.25, 0.3) is 5.91 Å². The number of oxazole rings is 1. The van der Waals surface area contributed by atoms with Crippen LogP contribution >= 0.6 is 0 Å². The summed E-state index contributed by atoms with van der Waals surface area (Å²) in [6, 6.07) is 5.24. The number of carbonyl (C=O) groups is 2. The van der Waals surface area contributed by atoms with Crippen LogP contribution in [0.15, 0.2) is 27.4 Å². The van der Waals surface area contributed by atoms with Crippen molar-refractivity contribution in [3.63, 3.8) is 0 Å². The number of ketones is 1. The number of fused-ring (bicyclic) bond motifs is 1. The van der Waals surface area contributed by atoms with Gasteiger partial charge in [0.15, 0.2) is 5.58 Å². The summed E-state index contributed by atoms with van der Waals surface area (Å²) in [5, 5.41) is 0. The number of hydrogen-bond acceptors (Lipinski definition) is 4. The largest absolute Gasteiger partial charge is 0.419 e. The van der Waals surface area contributed by atoms with Gasteiger partial charge in [-0.15, -0.1) is 0 Å². The summed E-state index contributed by atoms with van der Waals surface area (Å²) >= 11 is 0. The van der Waals surface area contributed by atoms with E-state index in [0.29, 0.717) is 11.1 Å². The van der Waals surface area contributed by atoms with Crippen LogP contribution in [-0.2, 0) is 23.2 Å². The topological polar surface area (TPSA) is 72.5 Å². The summed E-state index contributed by atoms with van der Waals surface area (Å²) < 4.78 is 6.47. The Bertz CT molecular complexity index is 711. The van der Waals surface area contributed by atoms with Crippen LogP contribution in [0.1, 0.15) is 12.5 Å². The molecule has 0 N–H and O–H groups in total. The van der Waals surface area contributed by atoms with Gasteiger partial charge in [0, 0.05) is 27.6 Å². The Morgan fingerprint density at radius 1 is 1.37 bits per heavy atom. The van der Waals surface area contributed by atoms with Gasteiger partial charge in [-0.05, 0) is 17.7 Å². The molecule has 0 radical (unpaired) electrons. The number of benzene rings is 1. The number of Topliss-reactive ketones (excluding diaryl/α,β-unsaturated/α-hetero) is 1. The monoisotopic (exact) mass is 262 g/mol. The van der Waals surface area contributed by atoms with E-state index in [0.717, 1.165) is 5.56 Å². The molecule has 0 spiro atoms. The first-order valence-electron chi connectivity index (χ1n) is 5.74. The Kier molecular flexibility index (Phi) is 3.25. The highest BCUT2D eigenvalue weighted by atomic mass is 16.4. The van der Waals surface area contributed by atoms with Gasteiger partial charge in [0.05, 0.1) is 5.52 Å². The molecule has 0 bridgehead atoms. The fourth-order valence-corrected chi connectivity index (χ4v) is 1.89. The number of hydrogen-bond donors (Lipinski definition) is 0. The molecular formula is C13H14N2O4. The quantitative estimate of drug-likeness (QED) is 0.762. The highest BCUT2D eigenvalue weighted by Crippen LogP contribution is 2.15. The molecule has 0 saturated carbocycles. The van der Waals surface area contributed by atoms with Crippen molar-refractivity contribution in [3.8, 4) is 0 Å². The van der Waals surface area contributed by atoms with Crippen molar-refractivity contribution in [1.29, 1.82) is 0 Å². The van der Waals surface area contributed by atoms with Gasteiger partial charge in [-0.3, -0.25) is 14.2 Å². The Labute approximate surface area is 109 Å². The zero-order chi connectivity index (χ0) is 14.2. The lowest BCUT2D eigenvalue weighted by molar-refractivity contribution is -0.143. The van der Waals surface area contributed by atoms with Crippen LogP contribution in [-0.4, -0.2) is 28.2 Å². The zero-order valence-electron chi connectivity index (χ0n) is 11.0. The number of nitrogens with zero attached hydrogens (tertiary/aromatic N) is 2. The molecule has 1 heterocycles. The van der Waals surface area contributed by atoms with Gasteiger partial charge in [-0.25, -0.2) is 4.79 Å². The van der Waals surface area contributed by atoms with Crippen molar-refractivity contribution in [2.45, 2.75) is 13.5 Å².